The lowest BCUT2D eigenvalue weighted by molar-refractivity contribution is -0.143. The van der Waals surface area contributed by atoms with Crippen LogP contribution in [0.4, 0.5) is 0 Å². The van der Waals surface area contributed by atoms with Gasteiger partial charge in [0.15, 0.2) is 5.96 Å². The number of hydrogen-bond acceptors (Lipinski definition) is 6. The molecule has 0 aromatic heterocycles. The number of carboxylic acids is 1. The van der Waals surface area contributed by atoms with Gasteiger partial charge in [-0.05, 0) is 37.2 Å². The minimum atomic E-state index is -1.20. The zero-order valence-corrected chi connectivity index (χ0v) is 21.4. The molecule has 1 aliphatic rings. The van der Waals surface area contributed by atoms with Crippen LogP contribution in [0.15, 0.2) is 35.3 Å². The predicted octanol–water partition coefficient (Wildman–Crippen LogP) is -0.689. The van der Waals surface area contributed by atoms with Gasteiger partial charge in [-0.3, -0.25) is 19.4 Å². The summed E-state index contributed by atoms with van der Waals surface area (Å²) in [6.07, 6.45) is 1.68. The van der Waals surface area contributed by atoms with E-state index in [1.165, 1.54) is 4.90 Å². The molecule has 4 unspecified atom stereocenters. The Morgan fingerprint density at radius 2 is 1.78 bits per heavy atom. The highest BCUT2D eigenvalue weighted by Crippen LogP contribution is 2.20. The molecule has 1 fully saturated rings. The Morgan fingerprint density at radius 3 is 2.38 bits per heavy atom. The first-order valence-corrected chi connectivity index (χ1v) is 12.5. The van der Waals surface area contributed by atoms with Crippen LogP contribution in [0.3, 0.4) is 0 Å². The fourth-order valence-corrected chi connectivity index (χ4v) is 4.14. The molecule has 37 heavy (non-hydrogen) atoms. The third-order valence-corrected chi connectivity index (χ3v) is 6.32. The van der Waals surface area contributed by atoms with Gasteiger partial charge in [-0.2, -0.15) is 0 Å². The number of carboxylic acid groups (broad SMARTS) is 1. The molecule has 9 N–H and O–H groups in total. The van der Waals surface area contributed by atoms with Crippen molar-refractivity contribution in [3.8, 4) is 0 Å². The topological polar surface area (TPSA) is 206 Å². The highest BCUT2D eigenvalue weighted by atomic mass is 16.4. The van der Waals surface area contributed by atoms with Crippen LogP contribution in [0.2, 0.25) is 0 Å². The molecule has 1 saturated heterocycles. The summed E-state index contributed by atoms with van der Waals surface area (Å²) in [5, 5.41) is 14.9. The minimum Gasteiger partial charge on any atom is -0.480 e. The number of likely N-dealkylation sites (tertiary alicyclic amines) is 1. The minimum absolute atomic E-state index is 0.0780. The summed E-state index contributed by atoms with van der Waals surface area (Å²) in [6, 6.07) is 5.17. The summed E-state index contributed by atoms with van der Waals surface area (Å²) in [5.74, 6) is -2.83. The highest BCUT2D eigenvalue weighted by Gasteiger charge is 2.38. The fourth-order valence-electron chi connectivity index (χ4n) is 4.14. The summed E-state index contributed by atoms with van der Waals surface area (Å²) in [5.41, 5.74) is 17.5. The number of carbonyl (C=O) groups excluding carboxylic acids is 3. The maximum atomic E-state index is 13.2. The van der Waals surface area contributed by atoms with Gasteiger partial charge in [-0.25, -0.2) is 4.79 Å². The van der Waals surface area contributed by atoms with E-state index >= 15 is 0 Å². The van der Waals surface area contributed by atoms with Crippen molar-refractivity contribution >= 4 is 29.7 Å². The number of nitrogens with two attached hydrogens (primary N) is 3. The van der Waals surface area contributed by atoms with Gasteiger partial charge in [-0.1, -0.05) is 44.2 Å². The molecule has 204 valence electrons. The maximum absolute atomic E-state index is 13.2. The largest absolute Gasteiger partial charge is 0.480 e. The summed E-state index contributed by atoms with van der Waals surface area (Å²) in [4.78, 5) is 56.4. The normalized spacial score (nSPS) is 17.5. The van der Waals surface area contributed by atoms with Gasteiger partial charge in [0.2, 0.25) is 17.7 Å². The lowest BCUT2D eigenvalue weighted by Crippen LogP contribution is -2.57. The molecular formula is C25H39N7O5. The van der Waals surface area contributed by atoms with Gasteiger partial charge < -0.3 is 37.8 Å². The molecular weight excluding hydrogens is 478 g/mol. The van der Waals surface area contributed by atoms with Gasteiger partial charge in [0.25, 0.3) is 0 Å². The van der Waals surface area contributed by atoms with Crippen LogP contribution in [0.25, 0.3) is 0 Å². The second-order valence-electron chi connectivity index (χ2n) is 9.56. The average molecular weight is 518 g/mol. The van der Waals surface area contributed by atoms with Crippen molar-refractivity contribution in [3.63, 3.8) is 0 Å². The second-order valence-corrected chi connectivity index (χ2v) is 9.56. The molecule has 1 heterocycles. The Bertz CT molecular complexity index is 965. The number of aliphatic carboxylic acids is 1. The zero-order valence-electron chi connectivity index (χ0n) is 21.4. The van der Waals surface area contributed by atoms with Crippen LogP contribution in [0.5, 0.6) is 0 Å². The van der Waals surface area contributed by atoms with E-state index in [2.05, 4.69) is 15.6 Å². The molecule has 2 rings (SSSR count). The molecule has 1 aliphatic heterocycles. The second kappa shape index (κ2) is 14.2. The van der Waals surface area contributed by atoms with Crippen LogP contribution < -0.4 is 27.8 Å². The number of aliphatic imine (C=N–C) groups is 1. The Labute approximate surface area is 217 Å². The maximum Gasteiger partial charge on any atom is 0.326 e. The number of benzene rings is 1. The molecule has 0 saturated carbocycles. The third-order valence-electron chi connectivity index (χ3n) is 6.32. The van der Waals surface area contributed by atoms with Crippen LogP contribution >= 0.6 is 0 Å². The van der Waals surface area contributed by atoms with Crippen molar-refractivity contribution in [1.29, 1.82) is 0 Å². The smallest absolute Gasteiger partial charge is 0.326 e. The van der Waals surface area contributed by atoms with E-state index < -0.39 is 42.0 Å². The molecule has 0 bridgehead atoms. The van der Waals surface area contributed by atoms with Crippen molar-refractivity contribution in [2.75, 3.05) is 13.1 Å². The number of hydrogen-bond donors (Lipinski definition) is 6. The van der Waals surface area contributed by atoms with E-state index in [0.29, 0.717) is 25.8 Å². The lowest BCUT2D eigenvalue weighted by Gasteiger charge is -2.29. The molecule has 3 amide bonds. The number of amides is 3. The lowest BCUT2D eigenvalue weighted by atomic mass is 10.0. The molecule has 0 aliphatic carbocycles. The zero-order chi connectivity index (χ0) is 27.5. The first kappa shape index (κ1) is 29.6. The molecule has 4 atom stereocenters. The van der Waals surface area contributed by atoms with E-state index in [9.17, 15) is 24.3 Å². The van der Waals surface area contributed by atoms with Gasteiger partial charge in [0.1, 0.15) is 18.1 Å². The molecule has 1 aromatic carbocycles. The van der Waals surface area contributed by atoms with Crippen LogP contribution in [-0.2, 0) is 25.6 Å². The van der Waals surface area contributed by atoms with Crippen LogP contribution in [0, 0.1) is 5.92 Å². The SMILES string of the molecule is CC(C)C(N)C(=O)N1CCCC1C(=O)NC(CCCN=C(N)N)C(=O)NC(Cc1ccccc1)C(=O)O. The van der Waals surface area contributed by atoms with Gasteiger partial charge in [0, 0.05) is 19.5 Å². The molecule has 0 radical (unpaired) electrons. The van der Waals surface area contributed by atoms with E-state index in [1.807, 2.05) is 19.9 Å². The van der Waals surface area contributed by atoms with E-state index in [-0.39, 0.29) is 37.2 Å². The van der Waals surface area contributed by atoms with Crippen molar-refractivity contribution in [1.82, 2.24) is 15.5 Å². The predicted molar refractivity (Wildman–Crippen MR) is 139 cm³/mol. The number of guanidine groups is 1. The number of nitrogens with zero attached hydrogens (tertiary/aromatic N) is 2. The van der Waals surface area contributed by atoms with Crippen molar-refractivity contribution < 1.29 is 24.3 Å². The van der Waals surface area contributed by atoms with Gasteiger partial charge in [-0.15, -0.1) is 0 Å². The fraction of sp³-hybridized carbons (Fsp3) is 0.560. The van der Waals surface area contributed by atoms with Crippen LogP contribution in [-0.4, -0.2) is 76.9 Å². The molecule has 12 heteroatoms. The summed E-state index contributed by atoms with van der Waals surface area (Å²) < 4.78 is 0. The van der Waals surface area contributed by atoms with Gasteiger partial charge >= 0.3 is 5.97 Å². The van der Waals surface area contributed by atoms with Crippen molar-refractivity contribution in [2.45, 2.75) is 70.1 Å². The third kappa shape index (κ3) is 9.05. The monoisotopic (exact) mass is 517 g/mol. The first-order chi connectivity index (χ1) is 17.5. The number of rotatable bonds is 13. The first-order valence-electron chi connectivity index (χ1n) is 12.5. The number of nitrogens with one attached hydrogen (secondary N) is 2. The van der Waals surface area contributed by atoms with E-state index in [4.69, 9.17) is 17.2 Å². The Hall–Kier alpha value is -3.67. The van der Waals surface area contributed by atoms with E-state index in [1.54, 1.807) is 24.3 Å². The molecule has 0 spiro atoms. The Kier molecular flexibility index (Phi) is 11.3. The summed E-state index contributed by atoms with van der Waals surface area (Å²) in [7, 11) is 0. The molecule has 1 aromatic rings. The summed E-state index contributed by atoms with van der Waals surface area (Å²) >= 11 is 0. The average Bonchev–Trinajstić information content (AvgIpc) is 3.35. The van der Waals surface area contributed by atoms with Crippen LogP contribution in [0.1, 0.15) is 45.1 Å². The quantitative estimate of drug-likeness (QED) is 0.112. The Balaban J connectivity index is 2.15. The Morgan fingerprint density at radius 1 is 1.11 bits per heavy atom. The van der Waals surface area contributed by atoms with Crippen molar-refractivity contribution in [2.24, 2.45) is 28.1 Å². The highest BCUT2D eigenvalue weighted by molar-refractivity contribution is 5.94. The van der Waals surface area contributed by atoms with Gasteiger partial charge in [0.05, 0.1) is 6.04 Å². The molecule has 12 nitrogen and oxygen atoms in total. The standard InChI is InChI=1S/C25H39N7O5/c1-15(2)20(26)23(35)32-13-7-11-19(32)22(34)30-17(10-6-12-29-25(27)28)21(33)31-18(24(36)37)14-16-8-4-3-5-9-16/h3-5,8-9,15,17-20H,6-7,10-14,26H2,1-2H3,(H,30,34)(H,31,33)(H,36,37)(H4,27,28,29). The van der Waals surface area contributed by atoms with E-state index in [0.717, 1.165) is 5.56 Å². The summed E-state index contributed by atoms with van der Waals surface area (Å²) in [6.45, 7) is 4.29. The number of carbonyl (C=O) groups is 4. The van der Waals surface area contributed by atoms with Crippen molar-refractivity contribution in [3.05, 3.63) is 35.9 Å².